The number of hydrazone groups is 1. The van der Waals surface area contributed by atoms with Gasteiger partial charge in [-0.05, 0) is 50.6 Å². The molecule has 1 aromatic carbocycles. The molecule has 10 heteroatoms. The number of benzene rings is 1. The summed E-state index contributed by atoms with van der Waals surface area (Å²) in [5.41, 5.74) is 3.21. The van der Waals surface area contributed by atoms with E-state index in [1.54, 1.807) is 47.1 Å². The number of hydrogen-bond acceptors (Lipinski definition) is 6. The number of imidazole rings is 1. The predicted molar refractivity (Wildman–Crippen MR) is 127 cm³/mol. The Morgan fingerprint density at radius 2 is 1.94 bits per heavy atom. The van der Waals surface area contributed by atoms with Gasteiger partial charge in [0.05, 0.1) is 12.4 Å². The van der Waals surface area contributed by atoms with Crippen molar-refractivity contribution in [3.05, 3.63) is 48.3 Å². The summed E-state index contributed by atoms with van der Waals surface area (Å²) in [6.07, 6.45) is 4.10. The third kappa shape index (κ3) is 5.22. The predicted octanol–water partition coefficient (Wildman–Crippen LogP) is 3.59. The van der Waals surface area contributed by atoms with E-state index in [0.29, 0.717) is 41.6 Å². The lowest BCUT2D eigenvalue weighted by molar-refractivity contribution is -0.120. The van der Waals surface area contributed by atoms with Gasteiger partial charge in [-0.1, -0.05) is 0 Å². The number of aryl methyl sites for hydroxylation is 1. The zero-order chi connectivity index (χ0) is 23.5. The summed E-state index contributed by atoms with van der Waals surface area (Å²) in [7, 11) is 1.80. The number of ether oxygens (including phenoxy) is 1. The van der Waals surface area contributed by atoms with Crippen molar-refractivity contribution in [2.75, 3.05) is 24.2 Å². The van der Waals surface area contributed by atoms with Gasteiger partial charge in [-0.15, -0.1) is 0 Å². The van der Waals surface area contributed by atoms with Crippen molar-refractivity contribution in [2.24, 2.45) is 5.10 Å². The minimum atomic E-state index is -0.319. The van der Waals surface area contributed by atoms with Crippen LogP contribution in [-0.4, -0.2) is 51.7 Å². The van der Waals surface area contributed by atoms with Gasteiger partial charge in [0.15, 0.2) is 5.82 Å². The maximum Gasteiger partial charge on any atom is 0.320 e. The molecule has 1 aliphatic rings. The van der Waals surface area contributed by atoms with E-state index in [0.717, 1.165) is 11.3 Å². The molecular formula is C23H27N7O3. The first-order chi connectivity index (χ1) is 15.8. The van der Waals surface area contributed by atoms with Gasteiger partial charge < -0.3 is 19.8 Å². The number of anilines is 2. The summed E-state index contributed by atoms with van der Waals surface area (Å²) >= 11 is 0. The largest absolute Gasteiger partial charge is 0.456 e. The number of rotatable bonds is 6. The summed E-state index contributed by atoms with van der Waals surface area (Å²) < 4.78 is 7.82. The Morgan fingerprint density at radius 1 is 1.12 bits per heavy atom. The van der Waals surface area contributed by atoms with Crippen LogP contribution in [0.25, 0.3) is 5.65 Å². The Labute approximate surface area is 191 Å². The number of pyridine rings is 1. The molecule has 1 aliphatic heterocycles. The van der Waals surface area contributed by atoms with E-state index in [-0.39, 0.29) is 18.0 Å². The molecule has 3 aromatic rings. The smallest absolute Gasteiger partial charge is 0.320 e. The third-order valence-electron chi connectivity index (χ3n) is 5.13. The molecule has 3 heterocycles. The summed E-state index contributed by atoms with van der Waals surface area (Å²) in [6, 6.07) is 8.55. The molecule has 0 aliphatic carbocycles. The highest BCUT2D eigenvalue weighted by Crippen LogP contribution is 2.27. The number of aromatic nitrogens is 2. The van der Waals surface area contributed by atoms with E-state index in [1.165, 1.54) is 0 Å². The second-order valence-electron chi connectivity index (χ2n) is 8.00. The normalized spacial score (nSPS) is 15.3. The molecule has 0 saturated carbocycles. The molecule has 0 bridgehead atoms. The summed E-state index contributed by atoms with van der Waals surface area (Å²) in [5.74, 6) is 1.51. The first-order valence-electron chi connectivity index (χ1n) is 10.7. The number of amides is 3. The fraction of sp³-hybridized carbons (Fsp3) is 0.304. The highest BCUT2D eigenvalue weighted by Gasteiger charge is 2.28. The lowest BCUT2D eigenvalue weighted by atomic mass is 10.1. The van der Waals surface area contributed by atoms with Gasteiger partial charge in [0.1, 0.15) is 23.2 Å². The van der Waals surface area contributed by atoms with Crippen LogP contribution in [0.1, 0.15) is 25.8 Å². The molecule has 0 radical (unpaired) electrons. The molecule has 4 rings (SSSR count). The van der Waals surface area contributed by atoms with Gasteiger partial charge in [0.2, 0.25) is 5.91 Å². The van der Waals surface area contributed by atoms with Gasteiger partial charge in [0.25, 0.3) is 0 Å². The standard InChI is InChI=1S/C23H27N7O3/c1-5-24-23(32)27-20-13-30-12-17(6-7-21(30)26-20)33-18-9-14(2)8-16(11-18)25-22(31)19-10-15(3)28-29(19)4/h6-9,11-13,19H,5,10H2,1-4H3,(H,25,31)(H2,24,27,32). The molecule has 1 unspecified atom stereocenters. The highest BCUT2D eigenvalue weighted by molar-refractivity contribution is 5.99. The van der Waals surface area contributed by atoms with Crippen LogP contribution >= 0.6 is 0 Å². The van der Waals surface area contributed by atoms with Crippen molar-refractivity contribution in [2.45, 2.75) is 33.2 Å². The van der Waals surface area contributed by atoms with Crippen molar-refractivity contribution in [3.63, 3.8) is 0 Å². The quantitative estimate of drug-likeness (QED) is 0.532. The number of fused-ring (bicyclic) bond motifs is 1. The fourth-order valence-electron chi connectivity index (χ4n) is 3.71. The average Bonchev–Trinajstić information content (AvgIpc) is 3.28. The summed E-state index contributed by atoms with van der Waals surface area (Å²) in [5, 5.41) is 14.3. The molecule has 3 N–H and O–H groups in total. The molecule has 1 atom stereocenters. The maximum absolute atomic E-state index is 12.7. The van der Waals surface area contributed by atoms with Crippen LogP contribution in [0.5, 0.6) is 11.5 Å². The van der Waals surface area contributed by atoms with Crippen molar-refractivity contribution in [3.8, 4) is 11.5 Å². The van der Waals surface area contributed by atoms with E-state index >= 15 is 0 Å². The lowest BCUT2D eigenvalue weighted by Gasteiger charge is -2.18. The number of nitrogens with zero attached hydrogens (tertiary/aromatic N) is 4. The van der Waals surface area contributed by atoms with Crippen molar-refractivity contribution in [1.82, 2.24) is 19.7 Å². The second-order valence-corrected chi connectivity index (χ2v) is 8.00. The minimum absolute atomic E-state index is 0.110. The van der Waals surface area contributed by atoms with Gasteiger partial charge in [-0.2, -0.15) is 5.10 Å². The first kappa shape index (κ1) is 22.1. The van der Waals surface area contributed by atoms with Crippen molar-refractivity contribution in [1.29, 1.82) is 0 Å². The van der Waals surface area contributed by atoms with Crippen LogP contribution in [0, 0.1) is 6.92 Å². The molecular weight excluding hydrogens is 422 g/mol. The van der Waals surface area contributed by atoms with E-state index in [9.17, 15) is 9.59 Å². The third-order valence-corrected chi connectivity index (χ3v) is 5.13. The Morgan fingerprint density at radius 3 is 2.67 bits per heavy atom. The van der Waals surface area contributed by atoms with Crippen molar-refractivity contribution >= 4 is 34.8 Å². The van der Waals surface area contributed by atoms with Gasteiger partial charge in [-0.3, -0.25) is 15.1 Å². The van der Waals surface area contributed by atoms with Crippen LogP contribution in [0.3, 0.4) is 0 Å². The molecule has 0 saturated heterocycles. The summed E-state index contributed by atoms with van der Waals surface area (Å²) in [6.45, 7) is 6.23. The number of urea groups is 1. The van der Waals surface area contributed by atoms with Crippen LogP contribution in [0.2, 0.25) is 0 Å². The number of carbonyl (C=O) groups excluding carboxylic acids is 2. The Balaban J connectivity index is 1.47. The van der Waals surface area contributed by atoms with Crippen LogP contribution in [0.15, 0.2) is 47.8 Å². The molecule has 3 amide bonds. The SMILES string of the molecule is CCNC(=O)Nc1cn2cc(Oc3cc(C)cc(NC(=O)C4CC(C)=NN4C)c3)ccc2n1. The lowest BCUT2D eigenvalue weighted by Crippen LogP contribution is -2.36. The molecule has 0 spiro atoms. The number of likely N-dealkylation sites (N-methyl/N-ethyl adjacent to an activating group) is 1. The van der Waals surface area contributed by atoms with Crippen LogP contribution in [-0.2, 0) is 4.79 Å². The van der Waals surface area contributed by atoms with Crippen LogP contribution in [0.4, 0.5) is 16.3 Å². The highest BCUT2D eigenvalue weighted by atomic mass is 16.5. The fourth-order valence-corrected chi connectivity index (χ4v) is 3.71. The zero-order valence-corrected chi connectivity index (χ0v) is 19.0. The topological polar surface area (TPSA) is 112 Å². The molecule has 0 fully saturated rings. The number of nitrogens with one attached hydrogen (secondary N) is 3. The summed E-state index contributed by atoms with van der Waals surface area (Å²) in [4.78, 5) is 28.8. The van der Waals surface area contributed by atoms with E-state index < -0.39 is 0 Å². The number of hydrogen-bond donors (Lipinski definition) is 3. The monoisotopic (exact) mass is 449 g/mol. The van der Waals surface area contributed by atoms with Gasteiger partial charge in [0, 0.05) is 37.5 Å². The van der Waals surface area contributed by atoms with Gasteiger partial charge in [-0.25, -0.2) is 9.78 Å². The molecule has 2 aromatic heterocycles. The Kier molecular flexibility index (Phi) is 6.16. The zero-order valence-electron chi connectivity index (χ0n) is 19.0. The molecule has 172 valence electrons. The second kappa shape index (κ2) is 9.19. The van der Waals surface area contributed by atoms with E-state index in [4.69, 9.17) is 4.74 Å². The van der Waals surface area contributed by atoms with Crippen molar-refractivity contribution < 1.29 is 14.3 Å². The molecule has 33 heavy (non-hydrogen) atoms. The van der Waals surface area contributed by atoms with Gasteiger partial charge >= 0.3 is 6.03 Å². The average molecular weight is 450 g/mol. The first-order valence-corrected chi connectivity index (χ1v) is 10.7. The minimum Gasteiger partial charge on any atom is -0.456 e. The maximum atomic E-state index is 12.7. The van der Waals surface area contributed by atoms with E-state index in [2.05, 4.69) is 26.0 Å². The Hall–Kier alpha value is -4.08. The van der Waals surface area contributed by atoms with E-state index in [1.807, 2.05) is 32.9 Å². The molecule has 10 nitrogen and oxygen atoms in total. The Bertz CT molecular complexity index is 1230. The number of carbonyl (C=O) groups is 2. The van der Waals surface area contributed by atoms with Crippen LogP contribution < -0.4 is 20.7 Å².